The van der Waals surface area contributed by atoms with E-state index in [0.29, 0.717) is 28.6 Å². The van der Waals surface area contributed by atoms with Crippen LogP contribution in [-0.4, -0.2) is 34.7 Å². The number of benzene rings is 1. The molecule has 5 aromatic rings. The lowest BCUT2D eigenvalue weighted by molar-refractivity contribution is -0.386. The molecule has 11 nitrogen and oxygen atoms in total. The lowest BCUT2D eigenvalue weighted by atomic mass is 10.2. The SMILES string of the molecule is Cc1ccc(OCc2ccc(-c3nc4c5cn[nH]c5ncn4n3)o2)c([N+](=O)[O-])c1. The number of ether oxygens (including phenoxy) is 1. The molecule has 0 atom stereocenters. The van der Waals surface area contributed by atoms with Crippen molar-refractivity contribution in [2.45, 2.75) is 13.5 Å². The molecule has 1 N–H and O–H groups in total. The second-order valence-corrected chi connectivity index (χ2v) is 6.36. The second-order valence-electron chi connectivity index (χ2n) is 6.36. The number of H-pyrrole nitrogens is 1. The summed E-state index contributed by atoms with van der Waals surface area (Å²) in [6.07, 6.45) is 3.17. The van der Waals surface area contributed by atoms with Crippen LogP contribution in [0.2, 0.25) is 0 Å². The summed E-state index contributed by atoms with van der Waals surface area (Å²) in [5.74, 6) is 1.49. The van der Waals surface area contributed by atoms with Gasteiger partial charge in [0, 0.05) is 6.07 Å². The van der Waals surface area contributed by atoms with E-state index in [-0.39, 0.29) is 18.0 Å². The number of aromatic nitrogens is 6. The Balaban J connectivity index is 1.40. The highest BCUT2D eigenvalue weighted by molar-refractivity contribution is 5.88. The van der Waals surface area contributed by atoms with E-state index in [1.165, 1.54) is 12.4 Å². The number of hydrogen-bond acceptors (Lipinski definition) is 8. The van der Waals surface area contributed by atoms with Gasteiger partial charge in [-0.2, -0.15) is 5.10 Å². The topological polar surface area (TPSA) is 137 Å². The third-order valence-electron chi connectivity index (χ3n) is 4.35. The maximum absolute atomic E-state index is 11.2. The van der Waals surface area contributed by atoms with Crippen molar-refractivity contribution in [3.8, 4) is 17.3 Å². The Morgan fingerprint density at radius 1 is 1.31 bits per heavy atom. The van der Waals surface area contributed by atoms with Gasteiger partial charge in [-0.3, -0.25) is 15.2 Å². The van der Waals surface area contributed by atoms with Gasteiger partial charge in [0.05, 0.1) is 16.5 Å². The molecule has 4 heterocycles. The predicted molar refractivity (Wildman–Crippen MR) is 100 cm³/mol. The van der Waals surface area contributed by atoms with Crippen molar-refractivity contribution in [2.75, 3.05) is 0 Å². The molecule has 0 bridgehead atoms. The molecule has 4 aromatic heterocycles. The molecule has 0 unspecified atom stereocenters. The molecule has 0 spiro atoms. The van der Waals surface area contributed by atoms with Crippen molar-refractivity contribution < 1.29 is 14.1 Å². The molecule has 0 fully saturated rings. The number of aryl methyl sites for hydroxylation is 1. The van der Waals surface area contributed by atoms with Crippen molar-refractivity contribution >= 4 is 22.4 Å². The Morgan fingerprint density at radius 3 is 3.07 bits per heavy atom. The smallest absolute Gasteiger partial charge is 0.311 e. The zero-order valence-electron chi connectivity index (χ0n) is 15.1. The van der Waals surface area contributed by atoms with E-state index >= 15 is 0 Å². The Labute approximate surface area is 162 Å². The largest absolute Gasteiger partial charge is 0.479 e. The van der Waals surface area contributed by atoms with Crippen LogP contribution in [0.5, 0.6) is 5.75 Å². The van der Waals surface area contributed by atoms with E-state index in [1.54, 1.807) is 41.9 Å². The Bertz CT molecular complexity index is 1370. The minimum Gasteiger partial charge on any atom is -0.479 e. The normalized spacial score (nSPS) is 11.3. The average Bonchev–Trinajstić information content (AvgIpc) is 3.44. The number of rotatable bonds is 5. The molecule has 0 aliphatic heterocycles. The molecular formula is C18H13N7O4. The summed E-state index contributed by atoms with van der Waals surface area (Å²) in [6.45, 7) is 1.81. The van der Waals surface area contributed by atoms with Crippen LogP contribution < -0.4 is 4.74 Å². The fraction of sp³-hybridized carbons (Fsp3) is 0.111. The van der Waals surface area contributed by atoms with Crippen molar-refractivity contribution in [2.24, 2.45) is 0 Å². The summed E-state index contributed by atoms with van der Waals surface area (Å²) in [6, 6.07) is 8.23. The van der Waals surface area contributed by atoms with Gasteiger partial charge in [0.1, 0.15) is 18.7 Å². The molecule has 29 heavy (non-hydrogen) atoms. The molecular weight excluding hydrogens is 378 g/mol. The van der Waals surface area contributed by atoms with Crippen LogP contribution >= 0.6 is 0 Å². The van der Waals surface area contributed by atoms with Crippen LogP contribution in [0, 0.1) is 17.0 Å². The first-order valence-electron chi connectivity index (χ1n) is 8.60. The Morgan fingerprint density at radius 2 is 2.21 bits per heavy atom. The molecule has 1 aromatic carbocycles. The van der Waals surface area contributed by atoms with Crippen molar-refractivity contribution in [1.82, 2.24) is 29.8 Å². The van der Waals surface area contributed by atoms with Crippen LogP contribution in [0.15, 0.2) is 47.3 Å². The average molecular weight is 391 g/mol. The standard InChI is InChI=1S/C18H13N7O4/c1-10-2-4-14(13(6-10)25(26)27)28-8-11-3-5-15(29-11)17-21-18-12-7-20-22-16(12)19-9-24(18)23-17/h2-7,9H,8H2,1H3,(H,20,22). The van der Waals surface area contributed by atoms with Gasteiger partial charge in [-0.15, -0.1) is 5.10 Å². The summed E-state index contributed by atoms with van der Waals surface area (Å²) in [7, 11) is 0. The lowest BCUT2D eigenvalue weighted by Gasteiger charge is -2.05. The first-order chi connectivity index (χ1) is 14.1. The number of aromatic amines is 1. The van der Waals surface area contributed by atoms with E-state index in [9.17, 15) is 10.1 Å². The van der Waals surface area contributed by atoms with Gasteiger partial charge in [0.15, 0.2) is 22.8 Å². The van der Waals surface area contributed by atoms with E-state index in [1.807, 2.05) is 0 Å². The first-order valence-corrected chi connectivity index (χ1v) is 8.60. The first kappa shape index (κ1) is 16.9. The third-order valence-corrected chi connectivity index (χ3v) is 4.35. The van der Waals surface area contributed by atoms with Gasteiger partial charge in [0.2, 0.25) is 5.82 Å². The molecule has 144 valence electrons. The fourth-order valence-corrected chi connectivity index (χ4v) is 2.96. The zero-order valence-corrected chi connectivity index (χ0v) is 15.1. The van der Waals surface area contributed by atoms with Gasteiger partial charge in [-0.25, -0.2) is 14.5 Å². The molecule has 0 saturated heterocycles. The van der Waals surface area contributed by atoms with E-state index in [2.05, 4.69) is 25.3 Å². The van der Waals surface area contributed by atoms with Crippen LogP contribution in [0.25, 0.3) is 28.3 Å². The summed E-state index contributed by atoms with van der Waals surface area (Å²) in [5, 5.41) is 23.1. The number of nitrogens with one attached hydrogen (secondary N) is 1. The highest BCUT2D eigenvalue weighted by Crippen LogP contribution is 2.29. The molecule has 11 heteroatoms. The Kier molecular flexibility index (Phi) is 3.72. The van der Waals surface area contributed by atoms with Crippen LogP contribution in [-0.2, 0) is 6.61 Å². The molecule has 0 aliphatic rings. The zero-order chi connectivity index (χ0) is 20.0. The van der Waals surface area contributed by atoms with Crippen molar-refractivity contribution in [1.29, 1.82) is 0 Å². The summed E-state index contributed by atoms with van der Waals surface area (Å²) in [5.41, 5.74) is 1.91. The summed E-state index contributed by atoms with van der Waals surface area (Å²) in [4.78, 5) is 19.4. The van der Waals surface area contributed by atoms with Gasteiger partial charge in [-0.1, -0.05) is 6.07 Å². The maximum Gasteiger partial charge on any atom is 0.311 e. The number of fused-ring (bicyclic) bond motifs is 3. The maximum atomic E-state index is 11.2. The van der Waals surface area contributed by atoms with E-state index in [0.717, 1.165) is 10.9 Å². The van der Waals surface area contributed by atoms with Gasteiger partial charge < -0.3 is 9.15 Å². The lowest BCUT2D eigenvalue weighted by Crippen LogP contribution is -1.98. The van der Waals surface area contributed by atoms with Crippen LogP contribution in [0.1, 0.15) is 11.3 Å². The van der Waals surface area contributed by atoms with Crippen LogP contribution in [0.3, 0.4) is 0 Å². The number of furan rings is 1. The number of nitro groups is 1. The number of nitro benzene ring substituents is 1. The number of hydrogen-bond donors (Lipinski definition) is 1. The molecule has 0 amide bonds. The second kappa shape index (κ2) is 6.41. The highest BCUT2D eigenvalue weighted by Gasteiger charge is 2.17. The minimum atomic E-state index is -0.471. The van der Waals surface area contributed by atoms with Gasteiger partial charge >= 0.3 is 5.69 Å². The van der Waals surface area contributed by atoms with Gasteiger partial charge in [0.25, 0.3) is 0 Å². The highest BCUT2D eigenvalue weighted by atomic mass is 16.6. The van der Waals surface area contributed by atoms with E-state index in [4.69, 9.17) is 9.15 Å². The third kappa shape index (κ3) is 2.94. The van der Waals surface area contributed by atoms with Crippen molar-refractivity contribution in [3.05, 3.63) is 64.3 Å². The van der Waals surface area contributed by atoms with E-state index < -0.39 is 4.92 Å². The summed E-state index contributed by atoms with van der Waals surface area (Å²) < 4.78 is 12.9. The monoisotopic (exact) mass is 391 g/mol. The molecule has 0 radical (unpaired) electrons. The van der Waals surface area contributed by atoms with Gasteiger partial charge in [-0.05, 0) is 30.7 Å². The van der Waals surface area contributed by atoms with Crippen LogP contribution in [0.4, 0.5) is 5.69 Å². The Hall–Kier alpha value is -4.28. The minimum absolute atomic E-state index is 0.0325. The number of nitrogens with zero attached hydrogens (tertiary/aromatic N) is 6. The van der Waals surface area contributed by atoms with Crippen molar-refractivity contribution in [3.63, 3.8) is 0 Å². The molecule has 5 rings (SSSR count). The summed E-state index contributed by atoms with van der Waals surface area (Å²) >= 11 is 0. The molecule has 0 aliphatic carbocycles. The molecule has 0 saturated carbocycles. The fourth-order valence-electron chi connectivity index (χ4n) is 2.96. The quantitative estimate of drug-likeness (QED) is 0.356. The predicted octanol–water partition coefficient (Wildman–Crippen LogP) is 3.06.